The van der Waals surface area contributed by atoms with Crippen LogP contribution in [0, 0.1) is 21.4 Å². The number of nitrogens with one attached hydrogen (secondary N) is 1. The Morgan fingerprint density at radius 1 is 1.22 bits per heavy atom. The Kier molecular flexibility index (Phi) is 4.89. The van der Waals surface area contributed by atoms with Crippen molar-refractivity contribution in [2.45, 2.75) is 13.0 Å². The maximum absolute atomic E-state index is 12.0. The van der Waals surface area contributed by atoms with E-state index in [-0.39, 0.29) is 11.6 Å². The SMILES string of the molecule is C[C@@H](Oc1ccc([N+](=O)[O-])cc1)C(=O)Nc1ccc(C#N)cc1. The molecule has 0 aromatic heterocycles. The molecule has 0 radical (unpaired) electrons. The average molecular weight is 311 g/mol. The molecule has 0 fully saturated rings. The number of carbonyl (C=O) groups is 1. The number of amides is 1. The summed E-state index contributed by atoms with van der Waals surface area (Å²) in [6, 6.07) is 13.9. The van der Waals surface area contributed by atoms with Crippen molar-refractivity contribution in [1.82, 2.24) is 0 Å². The summed E-state index contributed by atoms with van der Waals surface area (Å²) in [5, 5.41) is 22.0. The first-order chi connectivity index (χ1) is 11.0. The third-order valence-corrected chi connectivity index (χ3v) is 3.01. The lowest BCUT2D eigenvalue weighted by Gasteiger charge is -2.14. The van der Waals surface area contributed by atoms with Crippen molar-refractivity contribution in [3.05, 3.63) is 64.2 Å². The van der Waals surface area contributed by atoms with Gasteiger partial charge in [0.15, 0.2) is 6.10 Å². The van der Waals surface area contributed by atoms with Crippen LogP contribution in [-0.4, -0.2) is 16.9 Å². The summed E-state index contributed by atoms with van der Waals surface area (Å²) >= 11 is 0. The van der Waals surface area contributed by atoms with Gasteiger partial charge in [-0.1, -0.05) is 0 Å². The van der Waals surface area contributed by atoms with Crippen LogP contribution in [0.1, 0.15) is 12.5 Å². The van der Waals surface area contributed by atoms with Crippen LogP contribution in [-0.2, 0) is 4.79 Å². The summed E-state index contributed by atoms with van der Waals surface area (Å²) in [7, 11) is 0. The van der Waals surface area contributed by atoms with Crippen molar-refractivity contribution < 1.29 is 14.5 Å². The number of hydrogen-bond donors (Lipinski definition) is 1. The monoisotopic (exact) mass is 311 g/mol. The number of nitrogens with zero attached hydrogens (tertiary/aromatic N) is 2. The molecule has 1 atom stereocenters. The lowest BCUT2D eigenvalue weighted by atomic mass is 10.2. The predicted molar refractivity (Wildman–Crippen MR) is 83.0 cm³/mol. The number of ether oxygens (including phenoxy) is 1. The summed E-state index contributed by atoms with van der Waals surface area (Å²) in [6.07, 6.45) is -0.785. The molecule has 1 amide bonds. The molecule has 0 aliphatic rings. The normalized spacial score (nSPS) is 11.1. The molecule has 0 aliphatic carbocycles. The van der Waals surface area contributed by atoms with Crippen molar-refractivity contribution in [2.24, 2.45) is 0 Å². The molecule has 2 rings (SSSR count). The molecule has 23 heavy (non-hydrogen) atoms. The number of nitriles is 1. The Labute approximate surface area is 132 Å². The standard InChI is InChI=1S/C16H13N3O4/c1-11(23-15-8-6-14(7-9-15)19(21)22)16(20)18-13-4-2-12(10-17)3-5-13/h2-9,11H,1H3,(H,18,20)/t11-/m1/s1. The molecule has 7 heteroatoms. The van der Waals surface area contributed by atoms with Crippen molar-refractivity contribution in [3.63, 3.8) is 0 Å². The predicted octanol–water partition coefficient (Wildman–Crippen LogP) is 2.87. The number of nitro groups is 1. The average Bonchev–Trinajstić information content (AvgIpc) is 2.56. The van der Waals surface area contributed by atoms with Crippen LogP contribution in [0.15, 0.2) is 48.5 Å². The fraction of sp³-hybridized carbons (Fsp3) is 0.125. The number of benzene rings is 2. The molecule has 0 bridgehead atoms. The first-order valence-electron chi connectivity index (χ1n) is 6.72. The Morgan fingerprint density at radius 2 is 1.83 bits per heavy atom. The Morgan fingerprint density at radius 3 is 2.35 bits per heavy atom. The number of non-ortho nitro benzene ring substituents is 1. The number of anilines is 1. The zero-order valence-corrected chi connectivity index (χ0v) is 12.2. The summed E-state index contributed by atoms with van der Waals surface area (Å²) in [5.41, 5.74) is 0.998. The highest BCUT2D eigenvalue weighted by atomic mass is 16.6. The van der Waals surface area contributed by atoms with E-state index in [1.165, 1.54) is 24.3 Å². The van der Waals surface area contributed by atoms with Gasteiger partial charge >= 0.3 is 0 Å². The highest BCUT2D eigenvalue weighted by molar-refractivity contribution is 5.94. The Hall–Kier alpha value is -3.40. The van der Waals surface area contributed by atoms with Gasteiger partial charge in [-0.15, -0.1) is 0 Å². The van der Waals surface area contributed by atoms with E-state index < -0.39 is 11.0 Å². The van der Waals surface area contributed by atoms with Crippen molar-refractivity contribution >= 4 is 17.3 Å². The smallest absolute Gasteiger partial charge is 0.269 e. The Bertz CT molecular complexity index is 748. The molecule has 1 N–H and O–H groups in total. The molecule has 2 aromatic rings. The summed E-state index contributed by atoms with van der Waals surface area (Å²) < 4.78 is 5.44. The molecule has 2 aromatic carbocycles. The lowest BCUT2D eigenvalue weighted by molar-refractivity contribution is -0.384. The van der Waals surface area contributed by atoms with Crippen molar-refractivity contribution in [1.29, 1.82) is 5.26 Å². The largest absolute Gasteiger partial charge is 0.481 e. The van der Waals surface area contributed by atoms with Gasteiger partial charge in [0.1, 0.15) is 5.75 Å². The van der Waals surface area contributed by atoms with Gasteiger partial charge in [-0.05, 0) is 43.3 Å². The lowest BCUT2D eigenvalue weighted by Crippen LogP contribution is -2.30. The van der Waals surface area contributed by atoms with E-state index in [0.29, 0.717) is 17.0 Å². The van der Waals surface area contributed by atoms with Crippen LogP contribution in [0.2, 0.25) is 0 Å². The number of rotatable bonds is 5. The van der Waals surface area contributed by atoms with Crippen LogP contribution < -0.4 is 10.1 Å². The molecule has 7 nitrogen and oxygen atoms in total. The second kappa shape index (κ2) is 7.04. The van der Waals surface area contributed by atoms with Gasteiger partial charge in [0.2, 0.25) is 0 Å². The highest BCUT2D eigenvalue weighted by Crippen LogP contribution is 2.19. The summed E-state index contributed by atoms with van der Waals surface area (Å²) in [4.78, 5) is 22.1. The zero-order chi connectivity index (χ0) is 16.8. The molecule has 0 spiro atoms. The number of hydrogen-bond acceptors (Lipinski definition) is 5. The fourth-order valence-corrected chi connectivity index (χ4v) is 1.78. The molecular weight excluding hydrogens is 298 g/mol. The molecule has 0 unspecified atom stereocenters. The first kappa shape index (κ1) is 16.0. The van der Waals surface area contributed by atoms with E-state index in [1.54, 1.807) is 31.2 Å². The van der Waals surface area contributed by atoms with E-state index in [1.807, 2.05) is 6.07 Å². The second-order valence-corrected chi connectivity index (χ2v) is 4.69. The van der Waals surface area contributed by atoms with Gasteiger partial charge in [0, 0.05) is 17.8 Å². The van der Waals surface area contributed by atoms with Gasteiger partial charge < -0.3 is 10.1 Å². The van der Waals surface area contributed by atoms with E-state index in [0.717, 1.165) is 0 Å². The van der Waals surface area contributed by atoms with Crippen LogP contribution in [0.5, 0.6) is 5.75 Å². The van der Waals surface area contributed by atoms with E-state index in [4.69, 9.17) is 10.00 Å². The summed E-state index contributed by atoms with van der Waals surface area (Å²) in [6.45, 7) is 1.57. The minimum atomic E-state index is -0.785. The Balaban J connectivity index is 1.96. The molecule has 0 aliphatic heterocycles. The van der Waals surface area contributed by atoms with Crippen LogP contribution in [0.4, 0.5) is 11.4 Å². The highest BCUT2D eigenvalue weighted by Gasteiger charge is 2.15. The topological polar surface area (TPSA) is 105 Å². The molecular formula is C16H13N3O4. The zero-order valence-electron chi connectivity index (χ0n) is 12.2. The van der Waals surface area contributed by atoms with Crippen molar-refractivity contribution in [3.8, 4) is 11.8 Å². The van der Waals surface area contributed by atoms with Crippen LogP contribution in [0.25, 0.3) is 0 Å². The van der Waals surface area contributed by atoms with Gasteiger partial charge in [0.25, 0.3) is 11.6 Å². The maximum Gasteiger partial charge on any atom is 0.269 e. The number of nitro benzene ring substituents is 1. The molecule has 0 saturated carbocycles. The van der Waals surface area contributed by atoms with Gasteiger partial charge in [-0.25, -0.2) is 0 Å². The summed E-state index contributed by atoms with van der Waals surface area (Å²) in [5.74, 6) is -0.00820. The second-order valence-electron chi connectivity index (χ2n) is 4.69. The van der Waals surface area contributed by atoms with Crippen LogP contribution >= 0.6 is 0 Å². The molecule has 0 saturated heterocycles. The van der Waals surface area contributed by atoms with Gasteiger partial charge in [-0.2, -0.15) is 5.26 Å². The van der Waals surface area contributed by atoms with E-state index in [9.17, 15) is 14.9 Å². The molecule has 116 valence electrons. The minimum absolute atomic E-state index is 0.0490. The van der Waals surface area contributed by atoms with E-state index in [2.05, 4.69) is 5.32 Å². The quantitative estimate of drug-likeness (QED) is 0.675. The van der Waals surface area contributed by atoms with Gasteiger partial charge in [-0.3, -0.25) is 14.9 Å². The first-order valence-corrected chi connectivity index (χ1v) is 6.72. The van der Waals surface area contributed by atoms with Crippen molar-refractivity contribution in [2.75, 3.05) is 5.32 Å². The number of carbonyl (C=O) groups excluding carboxylic acids is 1. The third kappa shape index (κ3) is 4.28. The van der Waals surface area contributed by atoms with Crippen LogP contribution in [0.3, 0.4) is 0 Å². The third-order valence-electron chi connectivity index (χ3n) is 3.01. The molecule has 0 heterocycles. The van der Waals surface area contributed by atoms with Gasteiger partial charge in [0.05, 0.1) is 16.6 Å². The maximum atomic E-state index is 12.0. The minimum Gasteiger partial charge on any atom is -0.481 e. The van der Waals surface area contributed by atoms with E-state index >= 15 is 0 Å². The fourth-order valence-electron chi connectivity index (χ4n) is 1.78.